The van der Waals surface area contributed by atoms with Crippen LogP contribution in [0.3, 0.4) is 0 Å². The molecule has 0 aromatic carbocycles. The van der Waals surface area contributed by atoms with Gasteiger partial charge in [0.1, 0.15) is 6.10 Å². The van der Waals surface area contributed by atoms with Crippen LogP contribution in [0.15, 0.2) is 6.07 Å². The molecule has 5 nitrogen and oxygen atoms in total. The van der Waals surface area contributed by atoms with E-state index in [0.717, 1.165) is 31.1 Å². The summed E-state index contributed by atoms with van der Waals surface area (Å²) in [6.45, 7) is 2.59. The molecule has 78 valence electrons. The summed E-state index contributed by atoms with van der Waals surface area (Å²) in [5.74, 6) is 0. The van der Waals surface area contributed by atoms with Crippen molar-refractivity contribution in [3.05, 3.63) is 17.5 Å². The Hall–Kier alpha value is -0.910. The molecule has 1 aromatic rings. The second-order valence-corrected chi connectivity index (χ2v) is 3.36. The third kappa shape index (κ3) is 2.12. The lowest BCUT2D eigenvalue weighted by atomic mass is 10.2. The first-order valence-electron chi connectivity index (χ1n) is 4.87. The molecule has 2 rings (SSSR count). The van der Waals surface area contributed by atoms with E-state index in [4.69, 9.17) is 9.84 Å². The Morgan fingerprint density at radius 2 is 2.57 bits per heavy atom. The van der Waals surface area contributed by atoms with Crippen LogP contribution in [0.4, 0.5) is 0 Å². The Morgan fingerprint density at radius 1 is 1.64 bits per heavy atom. The van der Waals surface area contributed by atoms with Crippen LogP contribution >= 0.6 is 0 Å². The third-order valence-corrected chi connectivity index (χ3v) is 2.29. The molecule has 14 heavy (non-hydrogen) atoms. The minimum Gasteiger partial charge on any atom is -0.396 e. The first-order valence-corrected chi connectivity index (χ1v) is 4.87. The average Bonchev–Trinajstić information content (AvgIpc) is 2.68. The van der Waals surface area contributed by atoms with Gasteiger partial charge in [-0.15, -0.1) is 0 Å². The van der Waals surface area contributed by atoms with Gasteiger partial charge in [0.15, 0.2) is 0 Å². The number of nitrogens with one attached hydrogen (secondary N) is 2. The van der Waals surface area contributed by atoms with Crippen LogP contribution in [0.2, 0.25) is 0 Å². The van der Waals surface area contributed by atoms with E-state index in [1.165, 1.54) is 0 Å². The van der Waals surface area contributed by atoms with Gasteiger partial charge < -0.3 is 15.2 Å². The second kappa shape index (κ2) is 4.54. The van der Waals surface area contributed by atoms with Crippen LogP contribution in [-0.4, -0.2) is 41.6 Å². The summed E-state index contributed by atoms with van der Waals surface area (Å²) in [6.07, 6.45) is 0.667. The van der Waals surface area contributed by atoms with Crippen molar-refractivity contribution < 1.29 is 9.84 Å². The van der Waals surface area contributed by atoms with Crippen molar-refractivity contribution >= 4 is 0 Å². The predicted molar refractivity (Wildman–Crippen MR) is 50.9 cm³/mol. The minimum absolute atomic E-state index is 0.0486. The summed E-state index contributed by atoms with van der Waals surface area (Å²) in [6, 6.07) is 1.95. The lowest BCUT2D eigenvalue weighted by molar-refractivity contribution is 0.0250. The van der Waals surface area contributed by atoms with Gasteiger partial charge in [-0.3, -0.25) is 5.10 Å². The molecule has 5 heteroatoms. The molecule has 0 saturated carbocycles. The lowest BCUT2D eigenvalue weighted by Gasteiger charge is -2.21. The molecular formula is C9H15N3O2. The zero-order valence-electron chi connectivity index (χ0n) is 7.99. The van der Waals surface area contributed by atoms with E-state index in [1.807, 2.05) is 6.07 Å². The van der Waals surface area contributed by atoms with Crippen LogP contribution in [0.25, 0.3) is 0 Å². The minimum atomic E-state index is 0.0486. The van der Waals surface area contributed by atoms with Crippen LogP contribution in [0, 0.1) is 0 Å². The number of aromatic amines is 1. The number of aromatic nitrogens is 2. The van der Waals surface area contributed by atoms with E-state index in [2.05, 4.69) is 15.5 Å². The second-order valence-electron chi connectivity index (χ2n) is 3.36. The molecule has 0 spiro atoms. The fourth-order valence-corrected chi connectivity index (χ4v) is 1.55. The monoisotopic (exact) mass is 197 g/mol. The van der Waals surface area contributed by atoms with E-state index >= 15 is 0 Å². The van der Waals surface area contributed by atoms with Crippen molar-refractivity contribution in [2.45, 2.75) is 12.5 Å². The highest BCUT2D eigenvalue weighted by Crippen LogP contribution is 2.16. The van der Waals surface area contributed by atoms with Crippen molar-refractivity contribution in [2.75, 3.05) is 26.3 Å². The highest BCUT2D eigenvalue weighted by molar-refractivity contribution is 5.12. The maximum atomic E-state index is 8.75. The average molecular weight is 197 g/mol. The molecule has 1 aromatic heterocycles. The van der Waals surface area contributed by atoms with Crippen molar-refractivity contribution in [3.63, 3.8) is 0 Å². The van der Waals surface area contributed by atoms with Gasteiger partial charge in [0.25, 0.3) is 0 Å². The number of morpholine rings is 1. The Labute approximate surface area is 82.5 Å². The van der Waals surface area contributed by atoms with Gasteiger partial charge in [-0.05, 0) is 6.07 Å². The zero-order chi connectivity index (χ0) is 9.80. The number of aliphatic hydroxyl groups is 1. The molecule has 1 aliphatic rings. The van der Waals surface area contributed by atoms with Crippen molar-refractivity contribution in [2.24, 2.45) is 0 Å². The molecular weight excluding hydrogens is 182 g/mol. The molecule has 0 unspecified atom stereocenters. The number of ether oxygens (including phenoxy) is 1. The largest absolute Gasteiger partial charge is 0.396 e. The summed E-state index contributed by atoms with van der Waals surface area (Å²) >= 11 is 0. The van der Waals surface area contributed by atoms with Gasteiger partial charge in [-0.25, -0.2) is 0 Å². The predicted octanol–water partition coefficient (Wildman–Crippen LogP) is -0.395. The molecule has 3 N–H and O–H groups in total. The first-order chi connectivity index (χ1) is 6.90. The molecule has 0 aliphatic carbocycles. The van der Waals surface area contributed by atoms with Gasteiger partial charge in [-0.2, -0.15) is 5.10 Å². The van der Waals surface area contributed by atoms with Crippen molar-refractivity contribution in [1.29, 1.82) is 0 Å². The van der Waals surface area contributed by atoms with Gasteiger partial charge in [-0.1, -0.05) is 0 Å². The Balaban J connectivity index is 2.00. The van der Waals surface area contributed by atoms with Crippen LogP contribution in [0.5, 0.6) is 0 Å². The lowest BCUT2D eigenvalue weighted by Crippen LogP contribution is -2.33. The summed E-state index contributed by atoms with van der Waals surface area (Å²) < 4.78 is 5.55. The zero-order valence-corrected chi connectivity index (χ0v) is 7.99. The Kier molecular flexibility index (Phi) is 3.13. The molecule has 1 aliphatic heterocycles. The van der Waals surface area contributed by atoms with Crippen LogP contribution in [-0.2, 0) is 11.2 Å². The molecule has 2 heterocycles. The van der Waals surface area contributed by atoms with Crippen LogP contribution in [0.1, 0.15) is 17.5 Å². The highest BCUT2D eigenvalue weighted by Gasteiger charge is 2.18. The van der Waals surface area contributed by atoms with Crippen molar-refractivity contribution in [3.8, 4) is 0 Å². The van der Waals surface area contributed by atoms with E-state index in [0.29, 0.717) is 6.42 Å². The Bertz CT molecular complexity index is 281. The van der Waals surface area contributed by atoms with Gasteiger partial charge in [0.05, 0.1) is 12.3 Å². The maximum absolute atomic E-state index is 8.75. The summed E-state index contributed by atoms with van der Waals surface area (Å²) in [4.78, 5) is 0. The van der Waals surface area contributed by atoms with Gasteiger partial charge in [0.2, 0.25) is 0 Å². The topological polar surface area (TPSA) is 70.2 Å². The molecule has 0 bridgehead atoms. The number of hydrogen-bond acceptors (Lipinski definition) is 4. The normalized spacial score (nSPS) is 22.5. The molecule has 1 atom stereocenters. The maximum Gasteiger partial charge on any atom is 0.114 e. The smallest absolute Gasteiger partial charge is 0.114 e. The fourth-order valence-electron chi connectivity index (χ4n) is 1.55. The number of nitrogens with zero attached hydrogens (tertiary/aromatic N) is 1. The number of aliphatic hydroxyl groups excluding tert-OH is 1. The van der Waals surface area contributed by atoms with Crippen molar-refractivity contribution in [1.82, 2.24) is 15.5 Å². The third-order valence-electron chi connectivity index (χ3n) is 2.29. The quantitative estimate of drug-likeness (QED) is 0.617. The first kappa shape index (κ1) is 9.64. The number of hydrogen-bond donors (Lipinski definition) is 3. The summed E-state index contributed by atoms with van der Waals surface area (Å²) in [5.41, 5.74) is 1.87. The molecule has 1 saturated heterocycles. The number of H-pyrrole nitrogens is 1. The Morgan fingerprint density at radius 3 is 3.29 bits per heavy atom. The van der Waals surface area contributed by atoms with E-state index in [9.17, 15) is 0 Å². The van der Waals surface area contributed by atoms with E-state index < -0.39 is 0 Å². The SMILES string of the molecule is OCCc1cc([C@H]2CNCCO2)n[nH]1. The van der Waals surface area contributed by atoms with Gasteiger partial charge >= 0.3 is 0 Å². The van der Waals surface area contributed by atoms with E-state index in [1.54, 1.807) is 0 Å². The highest BCUT2D eigenvalue weighted by atomic mass is 16.5. The summed E-state index contributed by atoms with van der Waals surface area (Å²) in [5, 5.41) is 19.0. The molecule has 1 fully saturated rings. The molecule has 0 radical (unpaired) electrons. The molecule has 0 amide bonds. The van der Waals surface area contributed by atoms with Gasteiger partial charge in [0, 0.05) is 31.8 Å². The summed E-state index contributed by atoms with van der Waals surface area (Å²) in [7, 11) is 0. The fraction of sp³-hybridized carbons (Fsp3) is 0.667. The number of rotatable bonds is 3. The van der Waals surface area contributed by atoms with E-state index in [-0.39, 0.29) is 12.7 Å². The van der Waals surface area contributed by atoms with Crippen LogP contribution < -0.4 is 5.32 Å². The standard InChI is InChI=1S/C9H15N3O2/c13-3-1-7-5-8(12-11-7)9-6-10-2-4-14-9/h5,9-10,13H,1-4,6H2,(H,11,12)/t9-/m1/s1.